The Morgan fingerprint density at radius 3 is 2.21 bits per heavy atom. The molecule has 0 atom stereocenters. The summed E-state index contributed by atoms with van der Waals surface area (Å²) in [4.78, 5) is 36.9. The standard InChI is InChI=1S/C25H34N6O3S.C8H18/c1-7-9-21(34-6)19(15-31(4)5)22-14-29-25(35-22)18(12-26)24(33)30-20-11-17(13-28-16(20)3)23(32)27-10-8-2;1-3-5-7-8-6-4-2/h9,11-15H,7-8,10,26H2,1-6H3,(H,27,32)(H,30,33);3-8H2,1-2H3/b18-12-,19-15+,21-9-;. The monoisotopic (exact) mass is 612 g/mol. The molecule has 0 radical (unpaired) electrons. The van der Waals surface area contributed by atoms with E-state index in [1.54, 1.807) is 26.3 Å². The van der Waals surface area contributed by atoms with Crippen molar-refractivity contribution in [2.75, 3.05) is 33.1 Å². The summed E-state index contributed by atoms with van der Waals surface area (Å²) in [6.07, 6.45) is 18.5. The number of ether oxygens (including phenoxy) is 1. The van der Waals surface area contributed by atoms with Crippen LogP contribution in [0.5, 0.6) is 0 Å². The van der Waals surface area contributed by atoms with E-state index < -0.39 is 5.91 Å². The number of pyridine rings is 1. The van der Waals surface area contributed by atoms with E-state index in [1.165, 1.54) is 62.3 Å². The Morgan fingerprint density at radius 2 is 1.67 bits per heavy atom. The molecule has 0 fully saturated rings. The van der Waals surface area contributed by atoms with Gasteiger partial charge in [-0.05, 0) is 31.9 Å². The summed E-state index contributed by atoms with van der Waals surface area (Å²) in [5.41, 5.74) is 8.27. The number of thiazole rings is 1. The number of nitrogens with one attached hydrogen (secondary N) is 2. The molecule has 0 bridgehead atoms. The lowest BCUT2D eigenvalue weighted by Gasteiger charge is -2.13. The quantitative estimate of drug-likeness (QED) is 0.0797. The number of allylic oxidation sites excluding steroid dienone is 2. The lowest BCUT2D eigenvalue weighted by atomic mass is 10.1. The van der Waals surface area contributed by atoms with Crippen LogP contribution in [0.3, 0.4) is 0 Å². The molecule has 0 saturated carbocycles. The average Bonchev–Trinajstić information content (AvgIpc) is 3.47. The first-order valence-electron chi connectivity index (χ1n) is 15.2. The normalized spacial score (nSPS) is 11.9. The van der Waals surface area contributed by atoms with Gasteiger partial charge >= 0.3 is 0 Å². The van der Waals surface area contributed by atoms with Crippen LogP contribution in [0.15, 0.2) is 42.7 Å². The second kappa shape index (κ2) is 21.1. The Balaban J connectivity index is 0.00000101. The number of aryl methyl sites for hydroxylation is 1. The smallest absolute Gasteiger partial charge is 0.260 e. The third kappa shape index (κ3) is 13.0. The van der Waals surface area contributed by atoms with E-state index in [9.17, 15) is 9.59 Å². The molecule has 43 heavy (non-hydrogen) atoms. The van der Waals surface area contributed by atoms with Crippen LogP contribution in [0.25, 0.3) is 11.1 Å². The molecule has 10 heteroatoms. The molecule has 0 aliphatic heterocycles. The van der Waals surface area contributed by atoms with E-state index in [2.05, 4.69) is 34.4 Å². The average molecular weight is 613 g/mol. The lowest BCUT2D eigenvalue weighted by Crippen LogP contribution is -2.24. The first-order chi connectivity index (χ1) is 20.7. The SMILES string of the molecule is CC/C=C(OC)/C(=C\N(C)C)c1cnc(/C(=C\N)C(=O)Nc2cc(C(=O)NCCC)cnc2C)s1.CCCCCCCC. The summed E-state index contributed by atoms with van der Waals surface area (Å²) in [7, 11) is 5.47. The third-order valence-corrected chi connectivity index (χ3v) is 7.33. The molecule has 238 valence electrons. The summed E-state index contributed by atoms with van der Waals surface area (Å²) in [6.45, 7) is 10.8. The van der Waals surface area contributed by atoms with Gasteiger partial charge in [-0.2, -0.15) is 0 Å². The Labute approximate surface area is 262 Å². The van der Waals surface area contributed by atoms with Gasteiger partial charge in [0.15, 0.2) is 0 Å². The highest BCUT2D eigenvalue weighted by molar-refractivity contribution is 7.14. The molecule has 0 unspecified atom stereocenters. The fourth-order valence-electron chi connectivity index (χ4n) is 3.93. The van der Waals surface area contributed by atoms with Gasteiger partial charge in [-0.15, -0.1) is 11.3 Å². The van der Waals surface area contributed by atoms with Gasteiger partial charge < -0.3 is 26.0 Å². The zero-order valence-corrected chi connectivity index (χ0v) is 28.2. The summed E-state index contributed by atoms with van der Waals surface area (Å²) in [6, 6.07) is 1.60. The lowest BCUT2D eigenvalue weighted by molar-refractivity contribution is -0.111. The summed E-state index contributed by atoms with van der Waals surface area (Å²) in [5, 5.41) is 6.07. The predicted octanol–water partition coefficient (Wildman–Crippen LogP) is 7.13. The third-order valence-electron chi connectivity index (χ3n) is 6.27. The summed E-state index contributed by atoms with van der Waals surface area (Å²) >= 11 is 1.33. The number of rotatable bonds is 16. The minimum Gasteiger partial charge on any atom is -0.496 e. The summed E-state index contributed by atoms with van der Waals surface area (Å²) in [5.74, 6) is 0.0286. The predicted molar refractivity (Wildman–Crippen MR) is 181 cm³/mol. The van der Waals surface area contributed by atoms with Crippen LogP contribution in [-0.2, 0) is 9.53 Å². The van der Waals surface area contributed by atoms with Crippen LogP contribution in [0.4, 0.5) is 5.69 Å². The van der Waals surface area contributed by atoms with Crippen molar-refractivity contribution < 1.29 is 14.3 Å². The summed E-state index contributed by atoms with van der Waals surface area (Å²) < 4.78 is 5.59. The molecule has 0 aliphatic carbocycles. The molecule has 9 nitrogen and oxygen atoms in total. The van der Waals surface area contributed by atoms with Crippen molar-refractivity contribution in [3.05, 3.63) is 63.8 Å². The number of carbonyl (C=O) groups excluding carboxylic acids is 2. The number of unbranched alkanes of at least 4 members (excludes halogenated alkanes) is 5. The van der Waals surface area contributed by atoms with E-state index in [-0.39, 0.29) is 11.5 Å². The van der Waals surface area contributed by atoms with Gasteiger partial charge in [0.05, 0.1) is 40.1 Å². The largest absolute Gasteiger partial charge is 0.496 e. The van der Waals surface area contributed by atoms with E-state index >= 15 is 0 Å². The van der Waals surface area contributed by atoms with Crippen molar-refractivity contribution in [3.63, 3.8) is 0 Å². The highest BCUT2D eigenvalue weighted by atomic mass is 32.1. The minimum atomic E-state index is -0.446. The maximum absolute atomic E-state index is 13.1. The molecule has 2 aromatic rings. The number of hydrogen-bond donors (Lipinski definition) is 3. The highest BCUT2D eigenvalue weighted by Gasteiger charge is 2.20. The fraction of sp³-hybridized carbons (Fsp3) is 0.515. The van der Waals surface area contributed by atoms with Crippen molar-refractivity contribution in [3.8, 4) is 0 Å². The molecule has 4 N–H and O–H groups in total. The molecule has 2 rings (SSSR count). The Kier molecular flexibility index (Phi) is 18.3. The Bertz CT molecular complexity index is 1230. The van der Waals surface area contributed by atoms with E-state index in [4.69, 9.17) is 10.5 Å². The van der Waals surface area contributed by atoms with Crippen molar-refractivity contribution in [2.24, 2.45) is 5.73 Å². The zero-order chi connectivity index (χ0) is 32.2. The van der Waals surface area contributed by atoms with Crippen molar-refractivity contribution in [1.29, 1.82) is 0 Å². The number of methoxy groups -OCH3 is 1. The molecule has 0 saturated heterocycles. The second-order valence-electron chi connectivity index (χ2n) is 10.3. The van der Waals surface area contributed by atoms with E-state index in [1.807, 2.05) is 45.1 Å². The fourth-order valence-corrected chi connectivity index (χ4v) is 4.88. The zero-order valence-electron chi connectivity index (χ0n) is 27.4. The first-order valence-corrected chi connectivity index (χ1v) is 16.1. The second-order valence-corrected chi connectivity index (χ2v) is 11.3. The molecule has 0 aromatic carbocycles. The van der Waals surface area contributed by atoms with Gasteiger partial charge in [-0.3, -0.25) is 14.6 Å². The maximum Gasteiger partial charge on any atom is 0.260 e. The molecule has 0 aliphatic rings. The van der Waals surface area contributed by atoms with Gasteiger partial charge in [0, 0.05) is 45.4 Å². The van der Waals surface area contributed by atoms with Gasteiger partial charge in [-0.1, -0.05) is 66.2 Å². The van der Waals surface area contributed by atoms with Crippen LogP contribution in [-0.4, -0.2) is 54.4 Å². The van der Waals surface area contributed by atoms with Gasteiger partial charge in [0.25, 0.3) is 11.8 Å². The van der Waals surface area contributed by atoms with Crippen LogP contribution in [0, 0.1) is 6.92 Å². The number of amides is 2. The van der Waals surface area contributed by atoms with Crippen LogP contribution < -0.4 is 16.4 Å². The van der Waals surface area contributed by atoms with Crippen LogP contribution >= 0.6 is 11.3 Å². The molecule has 2 aromatic heterocycles. The number of aromatic nitrogens is 2. The van der Waals surface area contributed by atoms with E-state index in [0.717, 1.165) is 29.1 Å². The van der Waals surface area contributed by atoms with Crippen molar-refractivity contribution in [2.45, 2.75) is 86.0 Å². The minimum absolute atomic E-state index is 0.212. The first kappa shape index (κ1) is 37.4. The number of anilines is 1. The van der Waals surface area contributed by atoms with Crippen molar-refractivity contribution >= 4 is 40.0 Å². The number of nitrogens with zero attached hydrogens (tertiary/aromatic N) is 3. The van der Waals surface area contributed by atoms with Gasteiger partial charge in [-0.25, -0.2) is 4.98 Å². The molecule has 2 heterocycles. The van der Waals surface area contributed by atoms with Gasteiger partial charge in [0.1, 0.15) is 10.8 Å². The van der Waals surface area contributed by atoms with E-state index in [0.29, 0.717) is 28.5 Å². The van der Waals surface area contributed by atoms with Crippen LogP contribution in [0.2, 0.25) is 0 Å². The molecular weight excluding hydrogens is 560 g/mol. The number of carbonyl (C=O) groups is 2. The van der Waals surface area contributed by atoms with Crippen molar-refractivity contribution in [1.82, 2.24) is 20.2 Å². The molecular formula is C33H52N6O3S. The number of hydrogen-bond acceptors (Lipinski definition) is 8. The maximum atomic E-state index is 13.1. The van der Waals surface area contributed by atoms with Crippen LogP contribution in [0.1, 0.15) is 105 Å². The topological polar surface area (TPSA) is 122 Å². The molecule has 0 spiro atoms. The Hall–Kier alpha value is -3.66. The number of nitrogens with two attached hydrogens (primary N) is 1. The van der Waals surface area contributed by atoms with Gasteiger partial charge in [0.2, 0.25) is 0 Å². The molecule has 2 amide bonds. The Morgan fingerprint density at radius 1 is 1.00 bits per heavy atom. The highest BCUT2D eigenvalue weighted by Crippen LogP contribution is 2.32.